The standard InChI is InChI=1S/C14H21BrN2O/c1-9(2)11(10(3)4)8-16-14(18)12-6-5-7-13(15)17-12/h5-7,9-11H,8H2,1-4H3,(H,16,18). The molecule has 0 bridgehead atoms. The third kappa shape index (κ3) is 4.41. The summed E-state index contributed by atoms with van der Waals surface area (Å²) in [6.07, 6.45) is 0. The molecule has 1 rings (SSSR count). The van der Waals surface area contributed by atoms with Gasteiger partial charge >= 0.3 is 0 Å². The monoisotopic (exact) mass is 312 g/mol. The molecular weight excluding hydrogens is 292 g/mol. The van der Waals surface area contributed by atoms with Crippen molar-refractivity contribution in [3.05, 3.63) is 28.5 Å². The molecule has 3 nitrogen and oxygen atoms in total. The fraction of sp³-hybridized carbons (Fsp3) is 0.571. The molecule has 100 valence electrons. The number of aromatic nitrogens is 1. The number of amides is 1. The topological polar surface area (TPSA) is 42.0 Å². The van der Waals surface area contributed by atoms with Crippen LogP contribution in [0.15, 0.2) is 22.8 Å². The van der Waals surface area contributed by atoms with E-state index in [1.165, 1.54) is 0 Å². The van der Waals surface area contributed by atoms with Crippen molar-refractivity contribution in [3.8, 4) is 0 Å². The molecule has 0 aliphatic carbocycles. The van der Waals surface area contributed by atoms with Crippen molar-refractivity contribution in [3.63, 3.8) is 0 Å². The van der Waals surface area contributed by atoms with Gasteiger partial charge in [-0.15, -0.1) is 0 Å². The van der Waals surface area contributed by atoms with Crippen LogP contribution >= 0.6 is 15.9 Å². The SMILES string of the molecule is CC(C)C(CNC(=O)c1cccc(Br)n1)C(C)C. The van der Waals surface area contributed by atoms with Crippen molar-refractivity contribution in [1.82, 2.24) is 10.3 Å². The van der Waals surface area contributed by atoms with Gasteiger partial charge in [0, 0.05) is 6.54 Å². The van der Waals surface area contributed by atoms with E-state index in [9.17, 15) is 4.79 Å². The predicted octanol–water partition coefficient (Wildman–Crippen LogP) is 3.50. The second-order valence-electron chi connectivity index (χ2n) is 5.21. The van der Waals surface area contributed by atoms with E-state index in [0.717, 1.165) is 0 Å². The molecule has 4 heteroatoms. The zero-order valence-corrected chi connectivity index (χ0v) is 13.0. The molecule has 18 heavy (non-hydrogen) atoms. The quantitative estimate of drug-likeness (QED) is 0.845. The van der Waals surface area contributed by atoms with Crippen LogP contribution in [-0.4, -0.2) is 17.4 Å². The minimum atomic E-state index is -0.109. The maximum absolute atomic E-state index is 12.0. The molecule has 0 aliphatic rings. The van der Waals surface area contributed by atoms with E-state index < -0.39 is 0 Å². The van der Waals surface area contributed by atoms with Gasteiger partial charge in [0.05, 0.1) is 0 Å². The van der Waals surface area contributed by atoms with Gasteiger partial charge in [-0.1, -0.05) is 33.8 Å². The summed E-state index contributed by atoms with van der Waals surface area (Å²) in [4.78, 5) is 16.1. The Balaban J connectivity index is 2.60. The molecule has 0 unspecified atom stereocenters. The highest BCUT2D eigenvalue weighted by Crippen LogP contribution is 2.19. The Morgan fingerprint density at radius 3 is 2.39 bits per heavy atom. The maximum atomic E-state index is 12.0. The van der Waals surface area contributed by atoms with E-state index in [0.29, 0.717) is 34.6 Å². The van der Waals surface area contributed by atoms with Crippen molar-refractivity contribution >= 4 is 21.8 Å². The summed E-state index contributed by atoms with van der Waals surface area (Å²) in [6, 6.07) is 5.34. The van der Waals surface area contributed by atoms with Crippen molar-refractivity contribution < 1.29 is 4.79 Å². The van der Waals surface area contributed by atoms with Crippen molar-refractivity contribution in [2.75, 3.05) is 6.54 Å². The second kappa shape index (κ2) is 6.88. The average molecular weight is 313 g/mol. The molecule has 1 amide bonds. The first-order valence-corrected chi connectivity index (χ1v) is 7.12. The molecule has 0 saturated heterocycles. The minimum absolute atomic E-state index is 0.109. The molecule has 1 aromatic rings. The van der Waals surface area contributed by atoms with Gasteiger partial charge in [0.25, 0.3) is 5.91 Å². The smallest absolute Gasteiger partial charge is 0.269 e. The van der Waals surface area contributed by atoms with E-state index in [1.54, 1.807) is 6.07 Å². The van der Waals surface area contributed by atoms with Gasteiger partial charge in [-0.05, 0) is 45.8 Å². The number of nitrogens with one attached hydrogen (secondary N) is 1. The zero-order valence-electron chi connectivity index (χ0n) is 11.4. The number of carbonyl (C=O) groups excluding carboxylic acids is 1. The highest BCUT2D eigenvalue weighted by Gasteiger charge is 2.18. The first-order valence-electron chi connectivity index (χ1n) is 6.32. The third-order valence-electron chi connectivity index (χ3n) is 3.16. The molecule has 0 saturated carbocycles. The summed E-state index contributed by atoms with van der Waals surface area (Å²) in [6.45, 7) is 9.45. The van der Waals surface area contributed by atoms with Crippen LogP contribution in [0.3, 0.4) is 0 Å². The van der Waals surface area contributed by atoms with E-state index in [-0.39, 0.29) is 5.91 Å². The average Bonchev–Trinajstić information content (AvgIpc) is 2.28. The van der Waals surface area contributed by atoms with Crippen LogP contribution in [0, 0.1) is 17.8 Å². The van der Waals surface area contributed by atoms with Crippen molar-refractivity contribution in [1.29, 1.82) is 0 Å². The van der Waals surface area contributed by atoms with Crippen LogP contribution in [0.2, 0.25) is 0 Å². The number of halogens is 1. The van der Waals surface area contributed by atoms with E-state index in [4.69, 9.17) is 0 Å². The van der Waals surface area contributed by atoms with Crippen LogP contribution in [0.4, 0.5) is 0 Å². The van der Waals surface area contributed by atoms with Crippen LogP contribution < -0.4 is 5.32 Å². The van der Waals surface area contributed by atoms with Gasteiger partial charge in [-0.2, -0.15) is 0 Å². The highest BCUT2D eigenvalue weighted by molar-refractivity contribution is 9.10. The van der Waals surface area contributed by atoms with E-state index in [1.807, 2.05) is 12.1 Å². The summed E-state index contributed by atoms with van der Waals surface area (Å²) in [7, 11) is 0. The molecule has 0 atom stereocenters. The van der Waals surface area contributed by atoms with Crippen LogP contribution in [0.1, 0.15) is 38.2 Å². The van der Waals surface area contributed by atoms with Crippen LogP contribution in [-0.2, 0) is 0 Å². The Hall–Kier alpha value is -0.900. The lowest BCUT2D eigenvalue weighted by Crippen LogP contribution is -2.34. The van der Waals surface area contributed by atoms with Gasteiger partial charge in [0.1, 0.15) is 10.3 Å². The van der Waals surface area contributed by atoms with Gasteiger partial charge in [0.2, 0.25) is 0 Å². The van der Waals surface area contributed by atoms with Gasteiger partial charge in [-0.25, -0.2) is 4.98 Å². The zero-order chi connectivity index (χ0) is 13.7. The van der Waals surface area contributed by atoms with Gasteiger partial charge in [-0.3, -0.25) is 4.79 Å². The molecule has 0 aromatic carbocycles. The van der Waals surface area contributed by atoms with E-state index in [2.05, 4.69) is 53.9 Å². The number of pyridine rings is 1. The minimum Gasteiger partial charge on any atom is -0.350 e. The summed E-state index contributed by atoms with van der Waals surface area (Å²) in [5.74, 6) is 1.49. The van der Waals surface area contributed by atoms with Gasteiger partial charge in [0.15, 0.2) is 0 Å². The van der Waals surface area contributed by atoms with Crippen LogP contribution in [0.25, 0.3) is 0 Å². The van der Waals surface area contributed by atoms with Crippen molar-refractivity contribution in [2.24, 2.45) is 17.8 Å². The lowest BCUT2D eigenvalue weighted by Gasteiger charge is -2.24. The normalized spacial score (nSPS) is 11.3. The fourth-order valence-corrected chi connectivity index (χ4v) is 2.42. The van der Waals surface area contributed by atoms with Crippen LogP contribution in [0.5, 0.6) is 0 Å². The fourth-order valence-electron chi connectivity index (χ4n) is 2.08. The summed E-state index contributed by atoms with van der Waals surface area (Å²) in [5.41, 5.74) is 0.454. The summed E-state index contributed by atoms with van der Waals surface area (Å²) >= 11 is 3.27. The van der Waals surface area contributed by atoms with Gasteiger partial charge < -0.3 is 5.32 Å². The Morgan fingerprint density at radius 1 is 1.28 bits per heavy atom. The molecule has 0 fully saturated rings. The second-order valence-corrected chi connectivity index (χ2v) is 6.02. The first-order chi connectivity index (χ1) is 8.41. The lowest BCUT2D eigenvalue weighted by atomic mass is 9.85. The number of carbonyl (C=O) groups is 1. The number of nitrogens with zero attached hydrogens (tertiary/aromatic N) is 1. The number of hydrogen-bond acceptors (Lipinski definition) is 2. The third-order valence-corrected chi connectivity index (χ3v) is 3.60. The molecule has 0 spiro atoms. The Morgan fingerprint density at radius 2 is 1.89 bits per heavy atom. The molecule has 1 aromatic heterocycles. The first kappa shape index (κ1) is 15.2. The Kier molecular flexibility index (Phi) is 5.79. The Labute approximate surface area is 118 Å². The summed E-state index contributed by atoms with van der Waals surface area (Å²) in [5, 5.41) is 2.97. The number of hydrogen-bond donors (Lipinski definition) is 1. The Bertz CT molecular complexity index is 397. The molecule has 1 heterocycles. The molecule has 0 radical (unpaired) electrons. The largest absolute Gasteiger partial charge is 0.350 e. The predicted molar refractivity (Wildman–Crippen MR) is 77.4 cm³/mol. The summed E-state index contributed by atoms with van der Waals surface area (Å²) < 4.78 is 0.680. The highest BCUT2D eigenvalue weighted by atomic mass is 79.9. The molecule has 1 N–H and O–H groups in total. The maximum Gasteiger partial charge on any atom is 0.269 e. The lowest BCUT2D eigenvalue weighted by molar-refractivity contribution is 0.0932. The van der Waals surface area contributed by atoms with Crippen molar-refractivity contribution in [2.45, 2.75) is 27.7 Å². The molecule has 0 aliphatic heterocycles. The molecular formula is C14H21BrN2O. The van der Waals surface area contributed by atoms with E-state index >= 15 is 0 Å². The number of rotatable bonds is 5.